The first-order valence-corrected chi connectivity index (χ1v) is 11.4. The van der Waals surface area contributed by atoms with Crippen LogP contribution in [0.5, 0.6) is 0 Å². The molecule has 208 valence electrons. The SMILES string of the molecule is Clc1cccc(CNc2ccc(-c3nc4cc(Br)cnc4[nH]3)cc2)c1.O=C(O)C(F)(F)F.O=C(O)C(F)(F)F. The molecule has 4 aromatic rings. The third-order valence-corrected chi connectivity index (χ3v) is 5.00. The number of aromatic amines is 1. The highest BCUT2D eigenvalue weighted by Crippen LogP contribution is 2.23. The van der Waals surface area contributed by atoms with Crippen molar-refractivity contribution in [3.8, 4) is 11.4 Å². The van der Waals surface area contributed by atoms with Crippen LogP contribution in [-0.2, 0) is 16.1 Å². The van der Waals surface area contributed by atoms with Crippen LogP contribution in [0.2, 0.25) is 5.02 Å². The summed E-state index contributed by atoms with van der Waals surface area (Å²) in [6, 6.07) is 17.9. The molecule has 0 aliphatic rings. The number of nitrogens with zero attached hydrogens (tertiary/aromatic N) is 2. The maximum atomic E-state index is 10.6. The number of pyridine rings is 1. The van der Waals surface area contributed by atoms with Crippen LogP contribution in [0.15, 0.2) is 65.3 Å². The van der Waals surface area contributed by atoms with E-state index in [2.05, 4.69) is 36.2 Å². The number of rotatable bonds is 4. The predicted molar refractivity (Wildman–Crippen MR) is 133 cm³/mol. The fraction of sp³-hybridized carbons (Fsp3) is 0.130. The molecule has 0 spiro atoms. The van der Waals surface area contributed by atoms with Gasteiger partial charge in [0.2, 0.25) is 0 Å². The summed E-state index contributed by atoms with van der Waals surface area (Å²) >= 11 is 9.43. The Kier molecular flexibility index (Phi) is 10.7. The number of alkyl halides is 6. The van der Waals surface area contributed by atoms with Crippen LogP contribution in [0.25, 0.3) is 22.6 Å². The first-order chi connectivity index (χ1) is 18.1. The van der Waals surface area contributed by atoms with Crippen molar-refractivity contribution in [3.05, 3.63) is 75.9 Å². The lowest BCUT2D eigenvalue weighted by Gasteiger charge is -2.07. The molecule has 4 N–H and O–H groups in total. The van der Waals surface area contributed by atoms with Gasteiger partial charge in [-0.2, -0.15) is 26.3 Å². The third kappa shape index (κ3) is 10.4. The highest BCUT2D eigenvalue weighted by molar-refractivity contribution is 9.10. The fourth-order valence-electron chi connectivity index (χ4n) is 2.60. The summed E-state index contributed by atoms with van der Waals surface area (Å²) in [5.74, 6) is -4.71. The van der Waals surface area contributed by atoms with Gasteiger partial charge in [-0.05, 0) is 64.0 Å². The van der Waals surface area contributed by atoms with E-state index in [0.717, 1.165) is 49.8 Å². The Balaban J connectivity index is 0.000000317. The second kappa shape index (κ2) is 13.3. The summed E-state index contributed by atoms with van der Waals surface area (Å²) in [5.41, 5.74) is 4.82. The van der Waals surface area contributed by atoms with Crippen LogP contribution in [0.1, 0.15) is 5.56 Å². The Morgan fingerprint density at radius 2 is 1.51 bits per heavy atom. The molecule has 0 radical (unpaired) electrons. The number of imidazole rings is 1. The van der Waals surface area contributed by atoms with Gasteiger partial charge >= 0.3 is 24.3 Å². The molecule has 2 aromatic carbocycles. The summed E-state index contributed by atoms with van der Waals surface area (Å²) < 4.78 is 64.4. The Morgan fingerprint density at radius 3 is 2.03 bits per heavy atom. The van der Waals surface area contributed by atoms with Gasteiger partial charge in [-0.3, -0.25) is 0 Å². The Bertz CT molecular complexity index is 1400. The van der Waals surface area contributed by atoms with E-state index in [1.54, 1.807) is 6.20 Å². The Hall–Kier alpha value is -3.85. The van der Waals surface area contributed by atoms with Gasteiger partial charge in [0, 0.05) is 33.5 Å². The van der Waals surface area contributed by atoms with Gasteiger partial charge in [0.15, 0.2) is 5.65 Å². The summed E-state index contributed by atoms with van der Waals surface area (Å²) in [6.45, 7) is 0.725. The van der Waals surface area contributed by atoms with E-state index < -0.39 is 24.3 Å². The number of benzene rings is 2. The van der Waals surface area contributed by atoms with Gasteiger partial charge in [0.1, 0.15) is 11.3 Å². The van der Waals surface area contributed by atoms with Crippen molar-refractivity contribution in [1.29, 1.82) is 0 Å². The molecular weight excluding hydrogens is 626 g/mol. The monoisotopic (exact) mass is 640 g/mol. The molecule has 2 aromatic heterocycles. The van der Waals surface area contributed by atoms with Crippen LogP contribution >= 0.6 is 27.5 Å². The topological polar surface area (TPSA) is 128 Å². The highest BCUT2D eigenvalue weighted by Gasteiger charge is 2.38. The molecule has 0 fully saturated rings. The Morgan fingerprint density at radius 1 is 0.949 bits per heavy atom. The molecule has 39 heavy (non-hydrogen) atoms. The van der Waals surface area contributed by atoms with Crippen molar-refractivity contribution in [2.75, 3.05) is 5.32 Å². The summed E-state index contributed by atoms with van der Waals surface area (Å²) in [4.78, 5) is 30.0. The minimum Gasteiger partial charge on any atom is -0.475 e. The average molecular weight is 642 g/mol. The smallest absolute Gasteiger partial charge is 0.475 e. The number of fused-ring (bicyclic) bond motifs is 1. The van der Waals surface area contributed by atoms with Gasteiger partial charge in [0.05, 0.1) is 0 Å². The summed E-state index contributed by atoms with van der Waals surface area (Å²) in [5, 5.41) is 18.4. The van der Waals surface area contributed by atoms with Crippen LogP contribution < -0.4 is 5.32 Å². The zero-order chi connectivity index (χ0) is 29.4. The normalized spacial score (nSPS) is 11.1. The van der Waals surface area contributed by atoms with E-state index in [0.29, 0.717) is 0 Å². The van der Waals surface area contributed by atoms with Gasteiger partial charge < -0.3 is 20.5 Å². The second-order valence-electron chi connectivity index (χ2n) is 7.27. The molecule has 0 aliphatic carbocycles. The van der Waals surface area contributed by atoms with E-state index >= 15 is 0 Å². The maximum absolute atomic E-state index is 10.6. The first kappa shape index (κ1) is 31.4. The zero-order valence-corrected chi connectivity index (χ0v) is 21.5. The number of aromatic nitrogens is 3. The van der Waals surface area contributed by atoms with E-state index in [4.69, 9.17) is 31.4 Å². The lowest BCUT2D eigenvalue weighted by molar-refractivity contribution is -0.193. The number of carboxylic acid groups (broad SMARTS) is 2. The van der Waals surface area contributed by atoms with Gasteiger partial charge in [0.25, 0.3) is 0 Å². The molecule has 0 bridgehead atoms. The molecule has 0 saturated heterocycles. The number of carboxylic acids is 2. The molecule has 4 rings (SSSR count). The number of anilines is 1. The van der Waals surface area contributed by atoms with E-state index in [-0.39, 0.29) is 0 Å². The van der Waals surface area contributed by atoms with Gasteiger partial charge in [-0.15, -0.1) is 0 Å². The van der Waals surface area contributed by atoms with Gasteiger partial charge in [-0.25, -0.2) is 19.6 Å². The van der Waals surface area contributed by atoms with Crippen LogP contribution in [0.3, 0.4) is 0 Å². The largest absolute Gasteiger partial charge is 0.490 e. The van der Waals surface area contributed by atoms with Crippen LogP contribution in [0, 0.1) is 0 Å². The molecule has 2 heterocycles. The molecule has 0 aliphatic heterocycles. The standard InChI is InChI=1S/C19H14BrClN4.2C2HF3O2/c20-14-9-17-19(23-11-14)25-18(24-17)13-4-6-16(7-5-13)22-10-12-2-1-3-15(21)8-12;2*3-2(4,5)1(6)7/h1-9,11,22H,10H2,(H,23,24,25);2*(H,6,7). The quantitative estimate of drug-likeness (QED) is 0.178. The minimum atomic E-state index is -5.08. The maximum Gasteiger partial charge on any atom is 0.490 e. The molecule has 0 amide bonds. The summed E-state index contributed by atoms with van der Waals surface area (Å²) in [6.07, 6.45) is -8.41. The van der Waals surface area contributed by atoms with Gasteiger partial charge in [-0.1, -0.05) is 23.7 Å². The number of carbonyl (C=O) groups is 2. The Labute approximate surface area is 228 Å². The predicted octanol–water partition coefficient (Wildman–Crippen LogP) is 6.92. The van der Waals surface area contributed by atoms with Crippen molar-refractivity contribution < 1.29 is 46.1 Å². The highest BCUT2D eigenvalue weighted by atomic mass is 79.9. The van der Waals surface area contributed by atoms with Crippen molar-refractivity contribution >= 4 is 56.3 Å². The number of hydrogen-bond acceptors (Lipinski definition) is 5. The van der Waals surface area contributed by atoms with E-state index in [1.807, 2.05) is 54.6 Å². The summed E-state index contributed by atoms with van der Waals surface area (Å²) in [7, 11) is 0. The van der Waals surface area contributed by atoms with Crippen LogP contribution in [0.4, 0.5) is 32.0 Å². The molecule has 8 nitrogen and oxygen atoms in total. The lowest BCUT2D eigenvalue weighted by Crippen LogP contribution is -2.21. The van der Waals surface area contributed by atoms with Crippen molar-refractivity contribution in [1.82, 2.24) is 15.0 Å². The first-order valence-electron chi connectivity index (χ1n) is 10.3. The number of halogens is 8. The van der Waals surface area contributed by atoms with Crippen molar-refractivity contribution in [2.45, 2.75) is 18.9 Å². The molecule has 0 unspecified atom stereocenters. The van der Waals surface area contributed by atoms with E-state index in [9.17, 15) is 26.3 Å². The molecule has 0 atom stereocenters. The number of nitrogens with one attached hydrogen (secondary N) is 2. The fourth-order valence-corrected chi connectivity index (χ4v) is 3.14. The molecule has 16 heteroatoms. The molecule has 0 saturated carbocycles. The number of H-pyrrole nitrogens is 1. The van der Waals surface area contributed by atoms with Crippen molar-refractivity contribution in [3.63, 3.8) is 0 Å². The van der Waals surface area contributed by atoms with E-state index in [1.165, 1.54) is 0 Å². The lowest BCUT2D eigenvalue weighted by atomic mass is 10.2. The number of hydrogen-bond donors (Lipinski definition) is 4. The third-order valence-electron chi connectivity index (χ3n) is 4.33. The molecular formula is C23H16BrClF6N4O4. The number of aliphatic carboxylic acids is 2. The van der Waals surface area contributed by atoms with Crippen molar-refractivity contribution in [2.24, 2.45) is 0 Å². The minimum absolute atomic E-state index is 0.725. The van der Waals surface area contributed by atoms with Crippen LogP contribution in [-0.4, -0.2) is 49.5 Å². The second-order valence-corrected chi connectivity index (χ2v) is 8.63. The zero-order valence-electron chi connectivity index (χ0n) is 19.1. The average Bonchev–Trinajstić information content (AvgIpc) is 3.26.